The lowest BCUT2D eigenvalue weighted by atomic mass is 10.0. The molecule has 2 aromatic heterocycles. The van der Waals surface area contributed by atoms with E-state index in [1.54, 1.807) is 0 Å². The molecule has 1 aromatic carbocycles. The third kappa shape index (κ3) is 4.04. The normalized spacial score (nSPS) is 11.7. The number of unbranched alkanes of at least 4 members (excludes halogenated alkanes) is 1. The second-order valence-corrected chi connectivity index (χ2v) is 8.77. The molecular weight excluding hydrogens is 458 g/mol. The number of halogens is 3. The number of rotatable bonds is 7. The van der Waals surface area contributed by atoms with E-state index in [0.29, 0.717) is 17.3 Å². The van der Waals surface area contributed by atoms with E-state index in [9.17, 15) is 22.0 Å². The van der Waals surface area contributed by atoms with Crippen molar-refractivity contribution >= 4 is 48.5 Å². The van der Waals surface area contributed by atoms with E-state index in [1.165, 1.54) is 12.3 Å². The highest BCUT2D eigenvalue weighted by Gasteiger charge is 2.26. The van der Waals surface area contributed by atoms with Crippen molar-refractivity contribution in [2.45, 2.75) is 19.8 Å². The predicted molar refractivity (Wildman–Crippen MR) is 104 cm³/mol. The zero-order chi connectivity index (χ0) is 20.5. The Balaban J connectivity index is 2.04. The predicted octanol–water partition coefficient (Wildman–Crippen LogP) is 3.77. The van der Waals surface area contributed by atoms with E-state index in [0.717, 1.165) is 12.1 Å². The SMILES string of the molecule is CCCCS(=O)(=O)Nc1ccc(F)c(C(=O)c2[nH]nc3ncc(Br)cc23)c1F. The number of carbonyl (C=O) groups is 1. The molecule has 0 aliphatic rings. The third-order valence-corrected chi connectivity index (χ3v) is 5.74. The standard InChI is InChI=1S/C17H15BrF2N4O3S/c1-2-3-6-28(26,27)24-12-5-4-11(19)13(14(12)20)16(25)15-10-7-9(18)8-21-17(10)23-22-15/h4-5,7-8,24H,2-3,6H2,1H3,(H,21,22,23). The van der Waals surface area contributed by atoms with Gasteiger partial charge >= 0.3 is 0 Å². The summed E-state index contributed by atoms with van der Waals surface area (Å²) in [5, 5.41) is 6.55. The molecule has 0 saturated heterocycles. The Hall–Kier alpha value is -2.40. The summed E-state index contributed by atoms with van der Waals surface area (Å²) in [4.78, 5) is 16.8. The minimum atomic E-state index is -3.83. The van der Waals surface area contributed by atoms with Gasteiger partial charge in [-0.1, -0.05) is 13.3 Å². The summed E-state index contributed by atoms with van der Waals surface area (Å²) in [6.07, 6.45) is 2.48. The van der Waals surface area contributed by atoms with Gasteiger partial charge in [-0.05, 0) is 40.5 Å². The van der Waals surface area contributed by atoms with E-state index >= 15 is 0 Å². The van der Waals surface area contributed by atoms with E-state index in [4.69, 9.17) is 0 Å². The number of hydrogen-bond donors (Lipinski definition) is 2. The molecule has 0 aliphatic carbocycles. The van der Waals surface area contributed by atoms with Gasteiger partial charge in [-0.2, -0.15) is 5.10 Å². The van der Waals surface area contributed by atoms with Gasteiger partial charge in [0.1, 0.15) is 11.5 Å². The van der Waals surface area contributed by atoms with Crippen LogP contribution in [0.2, 0.25) is 0 Å². The quantitative estimate of drug-likeness (QED) is 0.509. The highest BCUT2D eigenvalue weighted by atomic mass is 79.9. The molecule has 7 nitrogen and oxygen atoms in total. The number of sulfonamides is 1. The zero-order valence-electron chi connectivity index (χ0n) is 14.6. The largest absolute Gasteiger partial charge is 0.287 e. The van der Waals surface area contributed by atoms with Crippen LogP contribution >= 0.6 is 15.9 Å². The first kappa shape index (κ1) is 20.3. The third-order valence-electron chi connectivity index (χ3n) is 3.95. The second kappa shape index (κ2) is 7.92. The van der Waals surface area contributed by atoms with E-state index < -0.39 is 38.7 Å². The van der Waals surface area contributed by atoms with Gasteiger partial charge in [0.2, 0.25) is 15.8 Å². The molecule has 0 radical (unpaired) electrons. The van der Waals surface area contributed by atoms with E-state index in [1.807, 2.05) is 6.92 Å². The molecular formula is C17H15BrF2N4O3S. The Morgan fingerprint density at radius 1 is 1.32 bits per heavy atom. The van der Waals surface area contributed by atoms with Gasteiger partial charge in [0.05, 0.1) is 22.4 Å². The molecule has 2 heterocycles. The van der Waals surface area contributed by atoms with Crippen molar-refractivity contribution in [1.29, 1.82) is 0 Å². The number of aromatic nitrogens is 3. The van der Waals surface area contributed by atoms with Crippen molar-refractivity contribution < 1.29 is 22.0 Å². The van der Waals surface area contributed by atoms with Crippen LogP contribution in [0.3, 0.4) is 0 Å². The van der Waals surface area contributed by atoms with Gasteiger partial charge in [0.15, 0.2) is 11.5 Å². The minimum Gasteiger partial charge on any atom is -0.287 e. The van der Waals surface area contributed by atoms with Gasteiger partial charge < -0.3 is 0 Å². The molecule has 3 aromatic rings. The fourth-order valence-corrected chi connectivity index (χ4v) is 4.16. The molecule has 3 rings (SSSR count). The number of nitrogens with zero attached hydrogens (tertiary/aromatic N) is 2. The first-order valence-corrected chi connectivity index (χ1v) is 10.7. The highest BCUT2D eigenvalue weighted by Crippen LogP contribution is 2.27. The van der Waals surface area contributed by atoms with Gasteiger partial charge in [-0.25, -0.2) is 22.2 Å². The summed E-state index contributed by atoms with van der Waals surface area (Å²) >= 11 is 3.21. The number of H-pyrrole nitrogens is 1. The van der Waals surface area contributed by atoms with Crippen LogP contribution in [-0.4, -0.2) is 35.1 Å². The number of ketones is 1. The van der Waals surface area contributed by atoms with Crippen LogP contribution < -0.4 is 4.72 Å². The Morgan fingerprint density at radius 2 is 2.07 bits per heavy atom. The van der Waals surface area contributed by atoms with Crippen LogP contribution in [-0.2, 0) is 10.0 Å². The summed E-state index contributed by atoms with van der Waals surface area (Å²) < 4.78 is 55.8. The first-order valence-electron chi connectivity index (χ1n) is 8.26. The summed E-state index contributed by atoms with van der Waals surface area (Å²) in [6.45, 7) is 1.81. The average Bonchev–Trinajstić information content (AvgIpc) is 3.05. The Bertz CT molecular complexity index is 1160. The van der Waals surface area contributed by atoms with Crippen molar-refractivity contribution in [2.24, 2.45) is 0 Å². The lowest BCUT2D eigenvalue weighted by molar-refractivity contribution is 0.102. The lowest BCUT2D eigenvalue weighted by Gasteiger charge is -2.11. The zero-order valence-corrected chi connectivity index (χ0v) is 17.0. The minimum absolute atomic E-state index is 0.160. The lowest BCUT2D eigenvalue weighted by Crippen LogP contribution is -2.19. The van der Waals surface area contributed by atoms with Crippen molar-refractivity contribution in [2.75, 3.05) is 10.5 Å². The Labute approximate surface area is 167 Å². The number of anilines is 1. The number of nitrogens with one attached hydrogen (secondary N) is 2. The highest BCUT2D eigenvalue weighted by molar-refractivity contribution is 9.10. The van der Waals surface area contributed by atoms with Gasteiger partial charge in [-0.15, -0.1) is 0 Å². The molecule has 28 heavy (non-hydrogen) atoms. The maximum atomic E-state index is 14.9. The molecule has 0 bridgehead atoms. The van der Waals surface area contributed by atoms with Crippen LogP contribution in [0, 0.1) is 11.6 Å². The summed E-state index contributed by atoms with van der Waals surface area (Å²) in [6, 6.07) is 3.31. The molecule has 0 amide bonds. The van der Waals surface area contributed by atoms with Crippen molar-refractivity contribution in [3.05, 3.63) is 51.8 Å². The molecule has 0 aliphatic heterocycles. The number of pyridine rings is 1. The molecule has 0 spiro atoms. The molecule has 0 fully saturated rings. The first-order chi connectivity index (χ1) is 13.2. The number of benzene rings is 1. The maximum Gasteiger partial charge on any atom is 0.232 e. The molecule has 0 atom stereocenters. The van der Waals surface area contributed by atoms with Crippen molar-refractivity contribution in [1.82, 2.24) is 15.2 Å². The van der Waals surface area contributed by atoms with E-state index in [2.05, 4.69) is 35.8 Å². The van der Waals surface area contributed by atoms with Crippen molar-refractivity contribution in [3.8, 4) is 0 Å². The monoisotopic (exact) mass is 472 g/mol. The van der Waals surface area contributed by atoms with Crippen LogP contribution in [0.4, 0.5) is 14.5 Å². The fourth-order valence-electron chi connectivity index (χ4n) is 2.56. The average molecular weight is 473 g/mol. The summed E-state index contributed by atoms with van der Waals surface area (Å²) in [7, 11) is -3.83. The summed E-state index contributed by atoms with van der Waals surface area (Å²) in [5.74, 6) is -3.64. The van der Waals surface area contributed by atoms with Crippen LogP contribution in [0.25, 0.3) is 11.0 Å². The topological polar surface area (TPSA) is 105 Å². The van der Waals surface area contributed by atoms with Crippen LogP contribution in [0.15, 0.2) is 28.9 Å². The Kier molecular flexibility index (Phi) is 5.75. The second-order valence-electron chi connectivity index (χ2n) is 6.01. The van der Waals surface area contributed by atoms with Gasteiger partial charge in [0.25, 0.3) is 0 Å². The molecule has 0 saturated carbocycles. The number of hydrogen-bond acceptors (Lipinski definition) is 5. The van der Waals surface area contributed by atoms with Crippen LogP contribution in [0.5, 0.6) is 0 Å². The van der Waals surface area contributed by atoms with Gasteiger partial charge in [-0.3, -0.25) is 14.6 Å². The summed E-state index contributed by atoms with van der Waals surface area (Å²) in [5.41, 5.74) is -1.35. The fraction of sp³-hybridized carbons (Fsp3) is 0.235. The number of fused-ring (bicyclic) bond motifs is 1. The Morgan fingerprint density at radius 3 is 2.79 bits per heavy atom. The molecule has 2 N–H and O–H groups in total. The number of aromatic amines is 1. The van der Waals surface area contributed by atoms with E-state index in [-0.39, 0.29) is 22.5 Å². The van der Waals surface area contributed by atoms with Gasteiger partial charge in [0, 0.05) is 10.7 Å². The molecule has 11 heteroatoms. The van der Waals surface area contributed by atoms with Crippen molar-refractivity contribution in [3.63, 3.8) is 0 Å². The number of carbonyl (C=O) groups excluding carboxylic acids is 1. The smallest absolute Gasteiger partial charge is 0.232 e. The molecule has 148 valence electrons. The molecule has 0 unspecified atom stereocenters. The maximum absolute atomic E-state index is 14.9. The van der Waals surface area contributed by atoms with Crippen LogP contribution in [0.1, 0.15) is 35.8 Å².